The van der Waals surface area contributed by atoms with Crippen molar-refractivity contribution in [3.63, 3.8) is 0 Å². The van der Waals surface area contributed by atoms with Crippen molar-refractivity contribution in [3.05, 3.63) is 72.9 Å². The van der Waals surface area contributed by atoms with Gasteiger partial charge in [0.15, 0.2) is 6.61 Å². The minimum Gasteiger partial charge on any atom is -1.00 e. The summed E-state index contributed by atoms with van der Waals surface area (Å²) < 4.78 is 5.63. The lowest BCUT2D eigenvalue weighted by Crippen LogP contribution is -3.14. The van der Waals surface area contributed by atoms with Gasteiger partial charge in [-0.1, -0.05) is 42.1 Å². The Hall–Kier alpha value is -2.74. The molecule has 0 radical (unpaired) electrons. The third kappa shape index (κ3) is 5.66. The second-order valence-corrected chi connectivity index (χ2v) is 9.47. The highest BCUT2D eigenvalue weighted by Crippen LogP contribution is 2.46. The molecule has 3 heterocycles. The van der Waals surface area contributed by atoms with Crippen LogP contribution in [0.4, 0.5) is 11.5 Å². The molecule has 0 unspecified atom stereocenters. The molecule has 8 heteroatoms. The number of aromatic nitrogens is 1. The van der Waals surface area contributed by atoms with Gasteiger partial charge in [0.05, 0.1) is 43.3 Å². The van der Waals surface area contributed by atoms with Crippen LogP contribution in [0.25, 0.3) is 0 Å². The first-order valence-electron chi connectivity index (χ1n) is 11.6. The van der Waals surface area contributed by atoms with Crippen LogP contribution in [0, 0.1) is 0 Å². The molecule has 2 aromatic carbocycles. The van der Waals surface area contributed by atoms with Crippen molar-refractivity contribution in [2.75, 3.05) is 50.8 Å². The zero-order valence-corrected chi connectivity index (χ0v) is 20.6. The molecule has 0 aliphatic carbocycles. The van der Waals surface area contributed by atoms with Gasteiger partial charge in [-0.15, -0.1) is 0 Å². The topological polar surface area (TPSA) is 50.1 Å². The van der Waals surface area contributed by atoms with E-state index in [-0.39, 0.29) is 24.9 Å². The van der Waals surface area contributed by atoms with Crippen molar-refractivity contribution in [2.24, 2.45) is 0 Å². The molecule has 1 fully saturated rings. The van der Waals surface area contributed by atoms with E-state index >= 15 is 0 Å². The van der Waals surface area contributed by atoms with Crippen LogP contribution in [0.2, 0.25) is 0 Å². The Morgan fingerprint density at radius 1 is 0.971 bits per heavy atom. The summed E-state index contributed by atoms with van der Waals surface area (Å²) in [5.41, 5.74) is 1.25. The fourth-order valence-corrected chi connectivity index (χ4v) is 5.52. The third-order valence-corrected chi connectivity index (χ3v) is 7.33. The number of rotatable bonds is 7. The molecule has 5 rings (SSSR count). The van der Waals surface area contributed by atoms with E-state index < -0.39 is 0 Å². The SMILES string of the molecule is O=C(COc1ccccc1)N1CC[NH+](CCCN2c3ccccc3Sc3cccnc32)CC1.[Cl-]. The number of fused-ring (bicyclic) bond motifs is 2. The van der Waals surface area contributed by atoms with Crippen LogP contribution in [0.3, 0.4) is 0 Å². The first kappa shape index (κ1) is 24.4. The number of anilines is 2. The highest BCUT2D eigenvalue weighted by atomic mass is 35.5. The van der Waals surface area contributed by atoms with Gasteiger partial charge in [-0.25, -0.2) is 4.98 Å². The highest BCUT2D eigenvalue weighted by Gasteiger charge is 2.26. The molecule has 0 saturated carbocycles. The Morgan fingerprint density at radius 3 is 2.53 bits per heavy atom. The van der Waals surface area contributed by atoms with Gasteiger partial charge >= 0.3 is 0 Å². The first-order valence-corrected chi connectivity index (χ1v) is 12.4. The van der Waals surface area contributed by atoms with Crippen molar-refractivity contribution < 1.29 is 26.8 Å². The monoisotopic (exact) mass is 496 g/mol. The number of piperazine rings is 1. The number of carbonyl (C=O) groups is 1. The van der Waals surface area contributed by atoms with Gasteiger partial charge in [0, 0.05) is 24.1 Å². The summed E-state index contributed by atoms with van der Waals surface area (Å²) in [5.74, 6) is 1.87. The van der Waals surface area contributed by atoms with Crippen LogP contribution < -0.4 is 26.9 Å². The predicted molar refractivity (Wildman–Crippen MR) is 131 cm³/mol. The van der Waals surface area contributed by atoms with E-state index in [1.165, 1.54) is 15.5 Å². The van der Waals surface area contributed by atoms with E-state index in [9.17, 15) is 4.79 Å². The summed E-state index contributed by atoms with van der Waals surface area (Å²) in [6.45, 7) is 5.70. The van der Waals surface area contributed by atoms with Gasteiger partial charge in [-0.3, -0.25) is 4.79 Å². The number of ether oxygens (including phenoxy) is 1. The first-order chi connectivity index (χ1) is 16.3. The second kappa shape index (κ2) is 11.6. The Balaban J connectivity index is 0.00000274. The molecule has 6 nitrogen and oxygen atoms in total. The molecule has 3 aromatic rings. The fourth-order valence-electron chi connectivity index (χ4n) is 4.45. The number of benzene rings is 2. The molecule has 2 aliphatic heterocycles. The van der Waals surface area contributed by atoms with Gasteiger partial charge < -0.3 is 31.8 Å². The number of nitrogens with one attached hydrogen (secondary N) is 1. The van der Waals surface area contributed by atoms with E-state index in [1.54, 1.807) is 16.7 Å². The molecule has 1 amide bonds. The smallest absolute Gasteiger partial charge is 0.260 e. The van der Waals surface area contributed by atoms with Gasteiger partial charge in [0.2, 0.25) is 0 Å². The second-order valence-electron chi connectivity index (χ2n) is 8.38. The zero-order chi connectivity index (χ0) is 22.5. The van der Waals surface area contributed by atoms with E-state index in [4.69, 9.17) is 4.74 Å². The Bertz CT molecular complexity index is 1050. The lowest BCUT2D eigenvalue weighted by Gasteiger charge is -2.34. The maximum Gasteiger partial charge on any atom is 0.260 e. The van der Waals surface area contributed by atoms with Crippen LogP contribution in [0.15, 0.2) is 82.7 Å². The molecule has 0 bridgehead atoms. The van der Waals surface area contributed by atoms with Crippen LogP contribution in [0.1, 0.15) is 6.42 Å². The summed E-state index contributed by atoms with van der Waals surface area (Å²) in [7, 11) is 0. The standard InChI is InChI=1S/C26H28N4O2S.ClH/c31-25(20-32-21-8-2-1-3-9-21)29-18-16-28(17-19-29)14-7-15-30-22-10-4-5-11-23(22)33-24-12-6-13-27-26(24)30;/h1-6,8-13H,7,14-20H2;1H. The van der Waals surface area contributed by atoms with Crippen LogP contribution in [0.5, 0.6) is 5.75 Å². The van der Waals surface area contributed by atoms with Crippen molar-refractivity contribution >= 4 is 29.2 Å². The molecule has 2 aliphatic rings. The molecule has 1 saturated heterocycles. The number of quaternary nitrogens is 1. The molecule has 1 aromatic heterocycles. The third-order valence-electron chi connectivity index (χ3n) is 6.22. The quantitative estimate of drug-likeness (QED) is 0.494. The number of nitrogens with zero attached hydrogens (tertiary/aromatic N) is 3. The molecule has 1 N–H and O–H groups in total. The minimum absolute atomic E-state index is 0. The van der Waals surface area contributed by atoms with Crippen molar-refractivity contribution in [1.29, 1.82) is 0 Å². The Morgan fingerprint density at radius 2 is 1.71 bits per heavy atom. The van der Waals surface area contributed by atoms with Gasteiger partial charge in [0.25, 0.3) is 5.91 Å². The van der Waals surface area contributed by atoms with Crippen LogP contribution in [-0.2, 0) is 4.79 Å². The lowest BCUT2D eigenvalue weighted by atomic mass is 10.2. The number of halogens is 1. The van der Waals surface area contributed by atoms with Crippen LogP contribution >= 0.6 is 11.8 Å². The summed E-state index contributed by atoms with van der Waals surface area (Å²) in [5, 5.41) is 0. The number of hydrogen-bond donors (Lipinski definition) is 1. The maximum atomic E-state index is 12.5. The van der Waals surface area contributed by atoms with Gasteiger partial charge in [0.1, 0.15) is 11.6 Å². The molecule has 178 valence electrons. The van der Waals surface area contributed by atoms with E-state index in [0.29, 0.717) is 0 Å². The van der Waals surface area contributed by atoms with Crippen molar-refractivity contribution in [2.45, 2.75) is 16.2 Å². The van der Waals surface area contributed by atoms with Gasteiger partial charge in [-0.2, -0.15) is 0 Å². The number of pyridine rings is 1. The number of amides is 1. The lowest BCUT2D eigenvalue weighted by molar-refractivity contribution is -0.904. The molecule has 0 atom stereocenters. The average Bonchev–Trinajstić information content (AvgIpc) is 2.88. The number of carbonyl (C=O) groups excluding carboxylic acids is 1. The molecule has 0 spiro atoms. The summed E-state index contributed by atoms with van der Waals surface area (Å²) in [6, 6.07) is 22.3. The highest BCUT2D eigenvalue weighted by molar-refractivity contribution is 7.99. The summed E-state index contributed by atoms with van der Waals surface area (Å²) in [4.78, 5) is 25.5. The average molecular weight is 497 g/mol. The van der Waals surface area contributed by atoms with E-state index in [2.05, 4.69) is 40.2 Å². The summed E-state index contributed by atoms with van der Waals surface area (Å²) in [6.07, 6.45) is 2.96. The fraction of sp³-hybridized carbons (Fsp3) is 0.308. The van der Waals surface area contributed by atoms with E-state index in [0.717, 1.165) is 57.3 Å². The van der Waals surface area contributed by atoms with Gasteiger partial charge in [-0.05, 0) is 36.4 Å². The van der Waals surface area contributed by atoms with E-state index in [1.807, 2.05) is 47.5 Å². The Kier molecular flexibility index (Phi) is 8.32. The molecular weight excluding hydrogens is 468 g/mol. The number of hydrogen-bond acceptors (Lipinski definition) is 5. The largest absolute Gasteiger partial charge is 1.00 e. The molecule has 34 heavy (non-hydrogen) atoms. The molecular formula is C26H29ClN4O2S. The maximum absolute atomic E-state index is 12.5. The zero-order valence-electron chi connectivity index (χ0n) is 19.0. The van der Waals surface area contributed by atoms with Crippen molar-refractivity contribution in [1.82, 2.24) is 9.88 Å². The van der Waals surface area contributed by atoms with Crippen molar-refractivity contribution in [3.8, 4) is 5.75 Å². The van der Waals surface area contributed by atoms with Crippen LogP contribution in [-0.4, -0.2) is 61.7 Å². The predicted octanol–water partition coefficient (Wildman–Crippen LogP) is -0.115. The minimum atomic E-state index is 0. The Labute approximate surface area is 211 Å². The normalized spacial score (nSPS) is 15.2. The summed E-state index contributed by atoms with van der Waals surface area (Å²) >= 11 is 1.80. The number of para-hydroxylation sites is 2.